The van der Waals surface area contributed by atoms with E-state index in [0.29, 0.717) is 33.0 Å². The number of benzene rings is 18. The van der Waals surface area contributed by atoms with Crippen LogP contribution in [-0.2, 0) is 25.0 Å². The molecule has 0 radical (unpaired) electrons. The molecule has 366 valence electrons. The molecule has 28 aromatic rings. The van der Waals surface area contributed by atoms with E-state index in [1.165, 1.54) is 0 Å². The van der Waals surface area contributed by atoms with E-state index in [9.17, 15) is 4.79 Å². The smallest absolute Gasteiger partial charge is 0.407 e. The van der Waals surface area contributed by atoms with Crippen LogP contribution in [-0.4, -0.2) is 75.8 Å². The Balaban J connectivity index is 0.00000385. The summed E-state index contributed by atoms with van der Waals surface area (Å²) in [7, 11) is 2.66. The summed E-state index contributed by atoms with van der Waals surface area (Å²) in [4.78, 5) is 12.3. The number of ether oxygens (including phenoxy) is 3. The highest BCUT2D eigenvalue weighted by molar-refractivity contribution is 6.82. The van der Waals surface area contributed by atoms with Crippen LogP contribution in [0.4, 0.5) is 4.79 Å². The van der Waals surface area contributed by atoms with E-state index in [1.54, 1.807) is 313 Å². The first kappa shape index (κ1) is 35.9. The number of quaternary nitrogens is 1. The van der Waals surface area contributed by atoms with Gasteiger partial charge in [0.1, 0.15) is 12.1 Å². The highest BCUT2D eigenvalue weighted by Crippen LogP contribution is 2.85. The van der Waals surface area contributed by atoms with Crippen LogP contribution >= 0.6 is 0 Å². The Morgan fingerprint density at radius 3 is 0.753 bits per heavy atom. The van der Waals surface area contributed by atoms with Gasteiger partial charge in [-0.15, -0.1) is 0 Å². The number of amides is 1. The summed E-state index contributed by atoms with van der Waals surface area (Å²) in [5.41, 5.74) is 6.06. The normalized spacial score (nSPS) is 23.0. The van der Waals surface area contributed by atoms with Crippen molar-refractivity contribution < 1.29 is 47.5 Å². The SMILES string of the molecule is CC(C)(C)OC(=O)NCCOCCOCC[N+]1(C)CC23c4c5c6c7c8c9c(c%10c%11c2c2c4c4c%12c5c5c6c6c8c8c%13c9c9c%10c%10c%11c%11c2c2c4c4c%12c%12c5c5c6c8c6c8c%13c9c9c%10c%10c%11c2c2c4c4c%12c5c6c5c8c9c%10c2c45)C73C1.[I-]. The maximum Gasteiger partial charge on any atom is 0.407 e. The van der Waals surface area contributed by atoms with Gasteiger partial charge in [-0.3, -0.25) is 0 Å². The number of hydrogen-bond donors (Lipinski definition) is 1. The van der Waals surface area contributed by atoms with Crippen molar-refractivity contribution in [2.45, 2.75) is 37.2 Å². The minimum absolute atomic E-state index is 0. The Labute approximate surface area is 465 Å². The molecule has 0 saturated carbocycles. The van der Waals surface area contributed by atoms with Gasteiger partial charge < -0.3 is 48.0 Å². The van der Waals surface area contributed by atoms with Gasteiger partial charge in [-0.2, -0.15) is 0 Å². The molecule has 1 aliphatic heterocycles. The molecule has 6 nitrogen and oxygen atoms in total. The fraction of sp³-hybridized carbons (Fsp3) is 0.203. The molecule has 1 N–H and O–H groups in total. The third kappa shape index (κ3) is 2.29. The average molecular weight is 1140 g/mol. The van der Waals surface area contributed by atoms with Crippen LogP contribution in [0.15, 0.2) is 0 Å². The van der Waals surface area contributed by atoms with Gasteiger partial charge in [0, 0.05) is 6.54 Å². The Morgan fingerprint density at radius 2 is 0.543 bits per heavy atom. The summed E-state index contributed by atoms with van der Waals surface area (Å²) in [5.74, 6) is 0. The summed E-state index contributed by atoms with van der Waals surface area (Å²) in [6, 6.07) is 0. The lowest BCUT2D eigenvalue weighted by molar-refractivity contribution is -0.900. The zero-order valence-electron chi connectivity index (χ0n) is 43.6. The lowest BCUT2D eigenvalue weighted by atomic mass is 9.50. The molecule has 4 aliphatic carbocycles. The Morgan fingerprint density at radius 1 is 0.346 bits per heavy atom. The molecule has 7 heteroatoms. The zero-order valence-corrected chi connectivity index (χ0v) is 45.8. The van der Waals surface area contributed by atoms with Gasteiger partial charge in [-0.1, -0.05) is 0 Å². The third-order valence-corrected chi connectivity index (χ3v) is 27.0. The first-order chi connectivity index (χ1) is 39.3. The molecule has 0 aromatic heterocycles. The van der Waals surface area contributed by atoms with E-state index in [1.807, 2.05) is 20.8 Å². The molecule has 33 rings (SSSR count). The van der Waals surface area contributed by atoms with E-state index >= 15 is 0 Å². The van der Waals surface area contributed by atoms with E-state index < -0.39 is 11.7 Å². The standard InChI is InChI=1S/C74H28N2O4.HI/c1-72(2,3)80-71(77)75-5-7-78-9-10-79-8-6-76(4)11-73-67-59-51-41-31-23-15-13-14-17-21-19(15)27-35-29(21)39-33-25(17)26-18(14)22-20-16(13)24(23)32-38-28(20)36-30(22)40-34(26)44-43(33)53-47(39)57-49(35)55(45(51)37(27)31)63(67)65(57)69-61(53)62-54(44)48(40)58-50(36)56-46(38)52(42(32)41)60(59)68(73)64(56)66(58)70(62)74(69,73)12-76;/h5-12H2,1-4H3;1H. The number of carbonyl (C=O) groups excluding carboxylic acids is 1. The van der Waals surface area contributed by atoms with Crippen molar-refractivity contribution in [1.29, 1.82) is 0 Å². The van der Waals surface area contributed by atoms with Crippen molar-refractivity contribution >= 4 is 297 Å². The van der Waals surface area contributed by atoms with Crippen LogP contribution in [0.25, 0.3) is 291 Å². The minimum atomic E-state index is -0.529. The average Bonchev–Trinajstić information content (AvgIpc) is 1.40. The number of rotatable bonds is 9. The number of nitrogens with zero attached hydrogens (tertiary/aromatic N) is 1. The number of carbonyl (C=O) groups is 1. The van der Waals surface area contributed by atoms with Gasteiger partial charge in [-0.05, 0) is 334 Å². The fourth-order valence-corrected chi connectivity index (χ4v) is 26.7. The summed E-state index contributed by atoms with van der Waals surface area (Å²) in [6.45, 7) is 11.3. The maximum absolute atomic E-state index is 12.3. The molecule has 1 amide bonds. The summed E-state index contributed by atoms with van der Waals surface area (Å²) < 4.78 is 19.2. The first-order valence-electron chi connectivity index (χ1n) is 30.0. The molecule has 1 heterocycles. The Kier molecular flexibility index (Phi) is 3.87. The first-order valence-corrected chi connectivity index (χ1v) is 30.0. The van der Waals surface area contributed by atoms with Gasteiger partial charge >= 0.3 is 6.09 Å². The number of alkyl carbamates (subject to hydrolysis) is 1. The van der Waals surface area contributed by atoms with E-state index in [0.717, 1.165) is 24.1 Å². The van der Waals surface area contributed by atoms with Crippen molar-refractivity contribution in [1.82, 2.24) is 5.32 Å². The zero-order chi connectivity index (χ0) is 49.5. The number of hydrogen-bond acceptors (Lipinski definition) is 4. The molecule has 0 bridgehead atoms. The van der Waals surface area contributed by atoms with Crippen molar-refractivity contribution in [2.75, 3.05) is 59.7 Å². The number of halogens is 1. The van der Waals surface area contributed by atoms with E-state index in [2.05, 4.69) is 12.4 Å². The number of nitrogens with one attached hydrogen (secondary N) is 1. The number of likely N-dealkylation sites (tertiary alicyclic amines) is 1. The Hall–Kier alpha value is -7.66. The van der Waals surface area contributed by atoms with Crippen molar-refractivity contribution in [3.05, 3.63) is 22.3 Å². The second-order valence-corrected chi connectivity index (χ2v) is 29.9. The van der Waals surface area contributed by atoms with Crippen LogP contribution in [0.3, 0.4) is 0 Å². The van der Waals surface area contributed by atoms with Gasteiger partial charge in [0.25, 0.3) is 0 Å². The van der Waals surface area contributed by atoms with Crippen molar-refractivity contribution in [3.8, 4) is 0 Å². The molecule has 1 saturated heterocycles. The molecule has 0 unspecified atom stereocenters. The predicted octanol–water partition coefficient (Wildman–Crippen LogP) is 14.3. The second-order valence-electron chi connectivity index (χ2n) is 29.9. The third-order valence-electron chi connectivity index (χ3n) is 27.0. The van der Waals surface area contributed by atoms with Crippen LogP contribution in [0.1, 0.15) is 43.0 Å². The number of likely N-dealkylation sites (N-methyl/N-ethyl adjacent to an activating group) is 1. The topological polar surface area (TPSA) is 56.8 Å². The molecule has 28 aromatic carbocycles. The lowest BCUT2D eigenvalue weighted by Crippen LogP contribution is -3.00. The maximum atomic E-state index is 12.3. The van der Waals surface area contributed by atoms with Gasteiger partial charge in [0.05, 0.1) is 57.4 Å². The monoisotopic (exact) mass is 1140 g/mol. The van der Waals surface area contributed by atoms with E-state index in [4.69, 9.17) is 14.2 Å². The second kappa shape index (κ2) is 8.73. The van der Waals surface area contributed by atoms with Gasteiger partial charge in [0.2, 0.25) is 0 Å². The van der Waals surface area contributed by atoms with Crippen LogP contribution in [0.5, 0.6) is 0 Å². The predicted molar refractivity (Wildman–Crippen MR) is 331 cm³/mol. The molecule has 1 fully saturated rings. The highest BCUT2D eigenvalue weighted by atomic mass is 127. The molecule has 81 heavy (non-hydrogen) atoms. The van der Waals surface area contributed by atoms with Crippen LogP contribution in [0.2, 0.25) is 0 Å². The minimum Gasteiger partial charge on any atom is -1.00 e. The molecular formula is C74H29IN2O4. The highest BCUT2D eigenvalue weighted by Gasteiger charge is 2.76. The molecule has 5 aliphatic rings. The molecular weight excluding hydrogens is 1110 g/mol. The molecule has 0 atom stereocenters. The Bertz CT molecular complexity index is 6910. The van der Waals surface area contributed by atoms with Gasteiger partial charge in [-0.25, -0.2) is 4.79 Å². The van der Waals surface area contributed by atoms with Crippen LogP contribution in [0, 0.1) is 0 Å². The lowest BCUT2D eigenvalue weighted by Gasteiger charge is -2.47. The van der Waals surface area contributed by atoms with Crippen molar-refractivity contribution in [3.63, 3.8) is 0 Å². The van der Waals surface area contributed by atoms with E-state index in [-0.39, 0.29) is 34.8 Å². The summed E-state index contributed by atoms with van der Waals surface area (Å²) in [5, 5.41) is 92.4. The van der Waals surface area contributed by atoms with Crippen molar-refractivity contribution in [2.24, 2.45) is 0 Å². The van der Waals surface area contributed by atoms with Crippen LogP contribution < -0.4 is 29.3 Å². The fourth-order valence-electron chi connectivity index (χ4n) is 26.7. The summed E-state index contributed by atoms with van der Waals surface area (Å²) >= 11 is 0. The molecule has 2 spiro atoms. The summed E-state index contributed by atoms with van der Waals surface area (Å²) in [6.07, 6.45) is -0.405. The van der Waals surface area contributed by atoms with Gasteiger partial charge in [0.15, 0.2) is 0 Å². The quantitative estimate of drug-likeness (QED) is 0.0677. The largest absolute Gasteiger partial charge is 1.00 e.